The van der Waals surface area contributed by atoms with Crippen molar-refractivity contribution in [1.82, 2.24) is 4.90 Å². The highest BCUT2D eigenvalue weighted by atomic mass is 35.5. The second-order valence-electron chi connectivity index (χ2n) is 5.66. The van der Waals surface area contributed by atoms with Crippen molar-refractivity contribution in [3.05, 3.63) is 0 Å². The van der Waals surface area contributed by atoms with Crippen LogP contribution in [0.2, 0.25) is 0 Å². The second kappa shape index (κ2) is 8.79. The fraction of sp³-hybridized carbons (Fsp3) is 0.933. The molecule has 0 aromatic carbocycles. The summed E-state index contributed by atoms with van der Waals surface area (Å²) in [7, 11) is 1.91. The van der Waals surface area contributed by atoms with E-state index in [0.29, 0.717) is 11.8 Å². The van der Waals surface area contributed by atoms with E-state index in [2.05, 4.69) is 6.92 Å². The van der Waals surface area contributed by atoms with Gasteiger partial charge in [-0.25, -0.2) is 0 Å². The molecule has 0 N–H and O–H groups in total. The van der Waals surface area contributed by atoms with Crippen molar-refractivity contribution in [2.45, 2.75) is 58.3 Å². The molecule has 0 atom stereocenters. The van der Waals surface area contributed by atoms with E-state index < -0.39 is 0 Å². The molecule has 1 rings (SSSR count). The lowest BCUT2D eigenvalue weighted by atomic mass is 9.79. The van der Waals surface area contributed by atoms with Crippen molar-refractivity contribution in [3.8, 4) is 0 Å². The molecular formula is C15H28ClNO. The van der Waals surface area contributed by atoms with Gasteiger partial charge in [-0.2, -0.15) is 0 Å². The number of nitrogens with zero attached hydrogens (tertiary/aromatic N) is 1. The van der Waals surface area contributed by atoms with Crippen molar-refractivity contribution in [3.63, 3.8) is 0 Å². The minimum Gasteiger partial charge on any atom is -0.345 e. The van der Waals surface area contributed by atoms with Crippen LogP contribution in [0.4, 0.5) is 0 Å². The van der Waals surface area contributed by atoms with Gasteiger partial charge in [0.2, 0.25) is 5.91 Å². The topological polar surface area (TPSA) is 20.3 Å². The summed E-state index contributed by atoms with van der Waals surface area (Å²) in [5, 5.41) is 0. The maximum Gasteiger partial charge on any atom is 0.225 e. The molecule has 1 saturated carbocycles. The monoisotopic (exact) mass is 273 g/mol. The third-order valence-corrected chi connectivity index (χ3v) is 4.43. The minimum absolute atomic E-state index is 0.281. The third-order valence-electron chi connectivity index (χ3n) is 4.17. The Hall–Kier alpha value is -0.240. The zero-order valence-corrected chi connectivity index (χ0v) is 12.7. The van der Waals surface area contributed by atoms with Crippen LogP contribution in [0.1, 0.15) is 58.3 Å². The van der Waals surface area contributed by atoms with Gasteiger partial charge in [-0.1, -0.05) is 26.2 Å². The summed E-state index contributed by atoms with van der Waals surface area (Å²) in [6.07, 6.45) is 9.59. The molecule has 1 aliphatic carbocycles. The fourth-order valence-corrected chi connectivity index (χ4v) is 3.03. The van der Waals surface area contributed by atoms with E-state index in [1.54, 1.807) is 0 Å². The van der Waals surface area contributed by atoms with E-state index in [9.17, 15) is 4.79 Å². The molecule has 1 amide bonds. The lowest BCUT2D eigenvalue weighted by Gasteiger charge is -2.30. The van der Waals surface area contributed by atoms with E-state index in [4.69, 9.17) is 11.6 Å². The number of carbonyl (C=O) groups is 1. The van der Waals surface area contributed by atoms with Crippen molar-refractivity contribution >= 4 is 17.5 Å². The summed E-state index contributed by atoms with van der Waals surface area (Å²) in [6.45, 7) is 3.05. The smallest absolute Gasteiger partial charge is 0.225 e. The molecule has 1 aliphatic rings. The third kappa shape index (κ3) is 5.17. The van der Waals surface area contributed by atoms with Crippen LogP contribution < -0.4 is 0 Å². The molecule has 18 heavy (non-hydrogen) atoms. The first kappa shape index (κ1) is 15.8. The number of amides is 1. The van der Waals surface area contributed by atoms with Gasteiger partial charge in [0.25, 0.3) is 0 Å². The summed E-state index contributed by atoms with van der Waals surface area (Å²) >= 11 is 5.67. The van der Waals surface area contributed by atoms with Gasteiger partial charge in [-0.05, 0) is 38.0 Å². The molecule has 0 saturated heterocycles. The van der Waals surface area contributed by atoms with Crippen LogP contribution >= 0.6 is 11.6 Å². The summed E-state index contributed by atoms with van der Waals surface area (Å²) in [5.41, 5.74) is 0. The Labute approximate surface area is 117 Å². The molecule has 0 heterocycles. The Balaban J connectivity index is 2.26. The van der Waals surface area contributed by atoms with E-state index in [0.717, 1.165) is 31.7 Å². The molecule has 3 heteroatoms. The Morgan fingerprint density at radius 3 is 2.44 bits per heavy atom. The van der Waals surface area contributed by atoms with E-state index in [1.807, 2.05) is 11.9 Å². The summed E-state index contributed by atoms with van der Waals surface area (Å²) in [6, 6.07) is 0. The van der Waals surface area contributed by atoms with E-state index in [-0.39, 0.29) is 5.92 Å². The standard InChI is InChI=1S/C15H28ClNO/c1-3-4-6-13-7-9-14(10-8-13)15(18)17(2)12-5-11-16/h13-14H,3-12H2,1-2H3. The Morgan fingerprint density at radius 2 is 1.89 bits per heavy atom. The van der Waals surface area contributed by atoms with Crippen LogP contribution in [0, 0.1) is 11.8 Å². The van der Waals surface area contributed by atoms with Gasteiger partial charge >= 0.3 is 0 Å². The number of carbonyl (C=O) groups excluding carboxylic acids is 1. The number of alkyl halides is 1. The molecule has 0 aromatic heterocycles. The van der Waals surface area contributed by atoms with Gasteiger partial charge in [0.15, 0.2) is 0 Å². The van der Waals surface area contributed by atoms with Crippen molar-refractivity contribution in [2.24, 2.45) is 11.8 Å². The van der Waals surface area contributed by atoms with Gasteiger partial charge in [0.1, 0.15) is 0 Å². The quantitative estimate of drug-likeness (QED) is 0.641. The van der Waals surface area contributed by atoms with Gasteiger partial charge in [0.05, 0.1) is 0 Å². The molecule has 2 nitrogen and oxygen atoms in total. The fourth-order valence-electron chi connectivity index (χ4n) is 2.91. The van der Waals surface area contributed by atoms with Gasteiger partial charge in [0, 0.05) is 25.4 Å². The SMILES string of the molecule is CCCCC1CCC(C(=O)N(C)CCCCl)CC1. The predicted octanol–water partition coefficient (Wildman–Crippen LogP) is 4.07. The Kier molecular flexibility index (Phi) is 7.73. The molecule has 0 aliphatic heterocycles. The van der Waals surface area contributed by atoms with Crippen molar-refractivity contribution < 1.29 is 4.79 Å². The van der Waals surface area contributed by atoms with Crippen LogP contribution in [-0.2, 0) is 4.79 Å². The van der Waals surface area contributed by atoms with Crippen LogP contribution in [-0.4, -0.2) is 30.3 Å². The van der Waals surface area contributed by atoms with Gasteiger partial charge in [-0.3, -0.25) is 4.79 Å². The largest absolute Gasteiger partial charge is 0.345 e. The van der Waals surface area contributed by atoms with Crippen LogP contribution in [0.25, 0.3) is 0 Å². The molecule has 0 unspecified atom stereocenters. The first-order valence-electron chi connectivity index (χ1n) is 7.50. The zero-order chi connectivity index (χ0) is 13.4. The molecule has 106 valence electrons. The maximum atomic E-state index is 12.2. The van der Waals surface area contributed by atoms with Gasteiger partial charge < -0.3 is 4.90 Å². The first-order valence-corrected chi connectivity index (χ1v) is 8.03. The zero-order valence-electron chi connectivity index (χ0n) is 12.0. The molecule has 0 bridgehead atoms. The summed E-state index contributed by atoms with van der Waals surface area (Å²) < 4.78 is 0. The average Bonchev–Trinajstić information content (AvgIpc) is 2.42. The molecular weight excluding hydrogens is 246 g/mol. The molecule has 0 aromatic rings. The van der Waals surface area contributed by atoms with Crippen LogP contribution in [0.5, 0.6) is 0 Å². The van der Waals surface area contributed by atoms with Crippen molar-refractivity contribution in [2.75, 3.05) is 19.5 Å². The number of rotatable bonds is 7. The number of hydrogen-bond acceptors (Lipinski definition) is 1. The van der Waals surface area contributed by atoms with Crippen LogP contribution in [0.3, 0.4) is 0 Å². The number of hydrogen-bond donors (Lipinski definition) is 0. The Morgan fingerprint density at radius 1 is 1.22 bits per heavy atom. The summed E-state index contributed by atoms with van der Waals surface area (Å²) in [5.74, 6) is 2.14. The first-order chi connectivity index (χ1) is 8.69. The second-order valence-corrected chi connectivity index (χ2v) is 6.04. The molecule has 0 radical (unpaired) electrons. The highest BCUT2D eigenvalue weighted by molar-refractivity contribution is 6.17. The normalized spacial score (nSPS) is 23.9. The minimum atomic E-state index is 0.281. The van der Waals surface area contributed by atoms with Gasteiger partial charge in [-0.15, -0.1) is 11.6 Å². The predicted molar refractivity (Wildman–Crippen MR) is 77.9 cm³/mol. The lowest BCUT2D eigenvalue weighted by molar-refractivity contribution is -0.135. The lowest BCUT2D eigenvalue weighted by Crippen LogP contribution is -2.35. The highest BCUT2D eigenvalue weighted by Gasteiger charge is 2.27. The summed E-state index contributed by atoms with van der Waals surface area (Å²) in [4.78, 5) is 14.1. The highest BCUT2D eigenvalue weighted by Crippen LogP contribution is 2.32. The molecule has 1 fully saturated rings. The number of unbranched alkanes of at least 4 members (excludes halogenated alkanes) is 1. The Bertz CT molecular complexity index is 237. The number of halogens is 1. The average molecular weight is 274 g/mol. The van der Waals surface area contributed by atoms with E-state index >= 15 is 0 Å². The maximum absolute atomic E-state index is 12.2. The van der Waals surface area contributed by atoms with Crippen LogP contribution in [0.15, 0.2) is 0 Å². The molecule has 0 spiro atoms. The van der Waals surface area contributed by atoms with Crippen molar-refractivity contribution in [1.29, 1.82) is 0 Å². The van der Waals surface area contributed by atoms with E-state index in [1.165, 1.54) is 32.1 Å².